The molecular weight excluding hydrogens is 236 g/mol. The molecule has 2 bridgehead atoms. The lowest BCUT2D eigenvalue weighted by atomic mass is 9.68. The highest BCUT2D eigenvalue weighted by Crippen LogP contribution is 2.62. The Hall–Kier alpha value is -0.830. The predicted octanol–water partition coefficient (Wildman–Crippen LogP) is 2.48. The maximum absolute atomic E-state index is 12.0. The van der Waals surface area contributed by atoms with E-state index < -0.39 is 0 Å². The molecule has 2 aliphatic carbocycles. The van der Waals surface area contributed by atoms with Crippen LogP contribution in [0.15, 0.2) is 12.7 Å². The summed E-state index contributed by atoms with van der Waals surface area (Å²) in [4.78, 5) is 12.0. The molecule has 2 fully saturated rings. The van der Waals surface area contributed by atoms with Crippen LogP contribution in [0.4, 0.5) is 0 Å². The van der Waals surface area contributed by atoms with Crippen molar-refractivity contribution in [3.8, 4) is 0 Å². The van der Waals surface area contributed by atoms with Gasteiger partial charge in [-0.05, 0) is 42.9 Å². The second-order valence-corrected chi connectivity index (χ2v) is 7.27. The van der Waals surface area contributed by atoms with Crippen molar-refractivity contribution in [1.29, 1.82) is 0 Å². The van der Waals surface area contributed by atoms with E-state index in [1.165, 1.54) is 19.3 Å². The van der Waals surface area contributed by atoms with Gasteiger partial charge in [0.1, 0.15) is 0 Å². The third-order valence-corrected chi connectivity index (χ3v) is 5.50. The third kappa shape index (κ3) is 2.45. The van der Waals surface area contributed by atoms with Gasteiger partial charge in [0.25, 0.3) is 0 Å². The van der Waals surface area contributed by atoms with E-state index in [1.807, 2.05) is 6.92 Å². The number of amides is 1. The molecule has 4 atom stereocenters. The lowest BCUT2D eigenvalue weighted by Gasteiger charge is -2.44. The van der Waals surface area contributed by atoms with E-state index in [0.29, 0.717) is 23.4 Å². The number of carbonyl (C=O) groups excluding carboxylic acids is 1. The first-order chi connectivity index (χ1) is 8.81. The fourth-order valence-corrected chi connectivity index (χ4v) is 4.37. The van der Waals surface area contributed by atoms with Gasteiger partial charge >= 0.3 is 0 Å². The van der Waals surface area contributed by atoms with E-state index in [-0.39, 0.29) is 11.9 Å². The van der Waals surface area contributed by atoms with Crippen LogP contribution in [0.5, 0.6) is 0 Å². The molecule has 2 aliphatic rings. The molecule has 0 aromatic carbocycles. The Morgan fingerprint density at radius 2 is 2.16 bits per heavy atom. The minimum Gasteiger partial charge on any atom is -0.351 e. The molecule has 2 rings (SSSR count). The van der Waals surface area contributed by atoms with Crippen LogP contribution in [0, 0.1) is 16.7 Å². The largest absolute Gasteiger partial charge is 0.351 e. The Bertz CT molecular complexity index is 372. The Balaban J connectivity index is 2.02. The third-order valence-electron chi connectivity index (χ3n) is 5.50. The van der Waals surface area contributed by atoms with Crippen LogP contribution in [0.3, 0.4) is 0 Å². The average Bonchev–Trinajstić information content (AvgIpc) is 2.82. The monoisotopic (exact) mass is 264 g/mol. The molecule has 0 saturated heterocycles. The smallest absolute Gasteiger partial charge is 0.237 e. The van der Waals surface area contributed by atoms with Crippen LogP contribution in [-0.4, -0.2) is 24.5 Å². The van der Waals surface area contributed by atoms with Crippen LogP contribution in [-0.2, 0) is 4.79 Å². The van der Waals surface area contributed by atoms with Crippen LogP contribution in [0.2, 0.25) is 0 Å². The number of hydrogen-bond acceptors (Lipinski definition) is 2. The molecular formula is C16H28N2O. The highest BCUT2D eigenvalue weighted by molar-refractivity contribution is 5.81. The molecule has 0 spiro atoms. The van der Waals surface area contributed by atoms with Gasteiger partial charge < -0.3 is 10.6 Å². The lowest BCUT2D eigenvalue weighted by molar-refractivity contribution is -0.123. The van der Waals surface area contributed by atoms with Crippen molar-refractivity contribution in [2.45, 2.75) is 59.0 Å². The van der Waals surface area contributed by atoms with E-state index >= 15 is 0 Å². The van der Waals surface area contributed by atoms with Crippen molar-refractivity contribution in [2.24, 2.45) is 16.7 Å². The Labute approximate surface area is 117 Å². The van der Waals surface area contributed by atoms with E-state index in [0.717, 1.165) is 5.92 Å². The van der Waals surface area contributed by atoms with Crippen LogP contribution >= 0.6 is 0 Å². The zero-order valence-electron chi connectivity index (χ0n) is 12.8. The van der Waals surface area contributed by atoms with Gasteiger partial charge in [0.05, 0.1) is 6.04 Å². The maximum atomic E-state index is 12.0. The highest BCUT2D eigenvalue weighted by atomic mass is 16.2. The summed E-state index contributed by atoms with van der Waals surface area (Å²) in [5.41, 5.74) is 0.654. The average molecular weight is 264 g/mol. The number of hydrogen-bond donors (Lipinski definition) is 2. The van der Waals surface area contributed by atoms with Gasteiger partial charge in [-0.3, -0.25) is 4.79 Å². The molecule has 2 saturated carbocycles. The van der Waals surface area contributed by atoms with E-state index in [1.54, 1.807) is 6.08 Å². The minimum absolute atomic E-state index is 0.0714. The minimum atomic E-state index is -0.139. The summed E-state index contributed by atoms with van der Waals surface area (Å²) in [5.74, 6) is 0.875. The number of nitrogens with one attached hydrogen (secondary N) is 2. The number of fused-ring (bicyclic) bond motifs is 2. The van der Waals surface area contributed by atoms with Gasteiger partial charge in [-0.2, -0.15) is 0 Å². The van der Waals surface area contributed by atoms with Crippen molar-refractivity contribution in [3.05, 3.63) is 12.7 Å². The molecule has 4 unspecified atom stereocenters. The molecule has 0 aromatic rings. The number of rotatable bonds is 5. The Kier molecular flexibility index (Phi) is 3.78. The SMILES string of the molecule is C=CCNC(=O)C(C)NC1C2(C)CCC(C2)C1(C)C. The maximum Gasteiger partial charge on any atom is 0.237 e. The summed E-state index contributed by atoms with van der Waals surface area (Å²) < 4.78 is 0. The molecule has 3 heteroatoms. The lowest BCUT2D eigenvalue weighted by Crippen LogP contribution is -2.56. The molecule has 1 amide bonds. The van der Waals surface area contributed by atoms with E-state index in [4.69, 9.17) is 0 Å². The van der Waals surface area contributed by atoms with Gasteiger partial charge in [-0.15, -0.1) is 6.58 Å². The Morgan fingerprint density at radius 3 is 2.68 bits per heavy atom. The molecule has 3 nitrogen and oxygen atoms in total. The van der Waals surface area contributed by atoms with Crippen LogP contribution in [0.25, 0.3) is 0 Å². The molecule has 2 N–H and O–H groups in total. The van der Waals surface area contributed by atoms with Crippen molar-refractivity contribution in [3.63, 3.8) is 0 Å². The van der Waals surface area contributed by atoms with Crippen molar-refractivity contribution >= 4 is 5.91 Å². The summed E-state index contributed by atoms with van der Waals surface area (Å²) in [5, 5.41) is 6.47. The first-order valence-electron chi connectivity index (χ1n) is 7.46. The van der Waals surface area contributed by atoms with Crippen LogP contribution < -0.4 is 10.6 Å². The fourth-order valence-electron chi connectivity index (χ4n) is 4.37. The van der Waals surface area contributed by atoms with Gasteiger partial charge in [0.15, 0.2) is 0 Å². The standard InChI is InChI=1S/C16H28N2O/c1-6-9-17-13(19)11(2)18-14-15(3,4)12-7-8-16(14,5)10-12/h6,11-12,14,18H,1,7-10H2,2-5H3,(H,17,19). The van der Waals surface area contributed by atoms with Gasteiger partial charge in [0, 0.05) is 12.6 Å². The van der Waals surface area contributed by atoms with E-state index in [2.05, 4.69) is 38.0 Å². The predicted molar refractivity (Wildman–Crippen MR) is 78.8 cm³/mol. The fraction of sp³-hybridized carbons (Fsp3) is 0.812. The van der Waals surface area contributed by atoms with Gasteiger partial charge in [0.2, 0.25) is 5.91 Å². The zero-order chi connectivity index (χ0) is 14.3. The van der Waals surface area contributed by atoms with Crippen LogP contribution in [0.1, 0.15) is 47.0 Å². The highest BCUT2D eigenvalue weighted by Gasteiger charge is 2.59. The zero-order valence-corrected chi connectivity index (χ0v) is 12.8. The number of carbonyl (C=O) groups is 1. The second-order valence-electron chi connectivity index (χ2n) is 7.27. The first-order valence-corrected chi connectivity index (χ1v) is 7.46. The van der Waals surface area contributed by atoms with Crippen molar-refractivity contribution < 1.29 is 4.79 Å². The molecule has 0 aliphatic heterocycles. The normalized spacial score (nSPS) is 37.1. The summed E-state index contributed by atoms with van der Waals surface area (Å²) in [7, 11) is 0. The van der Waals surface area contributed by atoms with Gasteiger partial charge in [-0.25, -0.2) is 0 Å². The Morgan fingerprint density at radius 1 is 1.47 bits per heavy atom. The first kappa shape index (κ1) is 14.6. The van der Waals surface area contributed by atoms with Gasteiger partial charge in [-0.1, -0.05) is 26.8 Å². The molecule has 0 radical (unpaired) electrons. The van der Waals surface area contributed by atoms with Crippen molar-refractivity contribution in [1.82, 2.24) is 10.6 Å². The van der Waals surface area contributed by atoms with Crippen molar-refractivity contribution in [2.75, 3.05) is 6.54 Å². The summed E-state index contributed by atoms with van der Waals surface area (Å²) in [6.07, 6.45) is 5.66. The quantitative estimate of drug-likeness (QED) is 0.749. The second kappa shape index (κ2) is 4.93. The molecule has 0 heterocycles. The summed E-state index contributed by atoms with van der Waals surface area (Å²) in [6, 6.07) is 0.295. The summed E-state index contributed by atoms with van der Waals surface area (Å²) >= 11 is 0. The molecule has 108 valence electrons. The van der Waals surface area contributed by atoms with E-state index in [9.17, 15) is 4.79 Å². The summed E-state index contributed by atoms with van der Waals surface area (Å²) in [6.45, 7) is 13.2. The topological polar surface area (TPSA) is 41.1 Å². The molecule has 19 heavy (non-hydrogen) atoms. The molecule has 0 aromatic heterocycles.